The Morgan fingerprint density at radius 3 is 1.62 bits per heavy atom. The molecule has 0 fully saturated rings. The van der Waals surface area contributed by atoms with Gasteiger partial charge >= 0.3 is 55.5 Å². The second kappa shape index (κ2) is 1.92. The van der Waals surface area contributed by atoms with Crippen LogP contribution in [-0.2, 0) is 0 Å². The number of nitrogens with zero attached hydrogens (tertiary/aromatic N) is 2. The van der Waals surface area contributed by atoms with Crippen LogP contribution >= 0.6 is 0 Å². The molecule has 0 amide bonds. The third kappa shape index (κ3) is 0.932. The molecule has 0 aliphatic carbocycles. The van der Waals surface area contributed by atoms with Gasteiger partial charge in [-0.15, -0.1) is 0 Å². The first kappa shape index (κ1) is 5.86. The molecule has 1 aliphatic rings. The van der Waals surface area contributed by atoms with Gasteiger partial charge in [-0.05, 0) is 0 Å². The summed E-state index contributed by atoms with van der Waals surface area (Å²) in [6, 6.07) is 0. The summed E-state index contributed by atoms with van der Waals surface area (Å²) < 4.78 is 0.750. The molecule has 8 heavy (non-hydrogen) atoms. The van der Waals surface area contributed by atoms with Gasteiger partial charge in [-0.1, -0.05) is 0 Å². The summed E-state index contributed by atoms with van der Waals surface area (Å²) in [5.41, 5.74) is 2.03. The van der Waals surface area contributed by atoms with Crippen LogP contribution in [0.25, 0.3) is 0 Å². The van der Waals surface area contributed by atoms with Gasteiger partial charge in [0, 0.05) is 0 Å². The van der Waals surface area contributed by atoms with Crippen LogP contribution in [0.3, 0.4) is 0 Å². The number of aliphatic imine (C=N–C) groups is 2. The van der Waals surface area contributed by atoms with Gasteiger partial charge < -0.3 is 0 Å². The van der Waals surface area contributed by atoms with E-state index in [9.17, 15) is 0 Å². The first-order valence-electron chi connectivity index (χ1n) is 2.35. The maximum atomic E-state index is 4.04. The summed E-state index contributed by atoms with van der Waals surface area (Å²) in [7, 11) is 0. The van der Waals surface area contributed by atoms with Crippen molar-refractivity contribution in [1.29, 1.82) is 0 Å². The summed E-state index contributed by atoms with van der Waals surface area (Å²) in [4.78, 5) is 8.09. The number of hydrogen-bond acceptors (Lipinski definition) is 2. The predicted molar refractivity (Wildman–Crippen MR) is 37.0 cm³/mol. The molecule has 1 aliphatic heterocycles. The molecule has 0 aromatic heterocycles. The molecule has 1 rings (SSSR count). The summed E-state index contributed by atoms with van der Waals surface area (Å²) in [5.74, 6) is 0. The van der Waals surface area contributed by atoms with Crippen molar-refractivity contribution in [2.45, 2.75) is 13.8 Å². The van der Waals surface area contributed by atoms with Gasteiger partial charge in [-0.2, -0.15) is 0 Å². The molecule has 3 heteroatoms. The van der Waals surface area contributed by atoms with Gasteiger partial charge in [0.1, 0.15) is 0 Å². The van der Waals surface area contributed by atoms with Crippen molar-refractivity contribution >= 4 is 31.7 Å². The summed E-state index contributed by atoms with van der Waals surface area (Å²) >= 11 is 2.74. The Bertz CT molecular complexity index is 171. The van der Waals surface area contributed by atoms with Crippen LogP contribution < -0.4 is 0 Å². The average Bonchev–Trinajstić information content (AvgIpc) is 1.85. The monoisotopic (exact) mass is 174 g/mol. The van der Waals surface area contributed by atoms with Gasteiger partial charge in [-0.25, -0.2) is 0 Å². The Balaban J connectivity index is 2.98. The van der Waals surface area contributed by atoms with E-state index in [4.69, 9.17) is 0 Å². The Morgan fingerprint density at radius 1 is 1.12 bits per heavy atom. The van der Waals surface area contributed by atoms with Crippen LogP contribution in [0.15, 0.2) is 9.98 Å². The van der Waals surface area contributed by atoms with E-state index in [1.54, 1.807) is 0 Å². The van der Waals surface area contributed by atoms with Crippen LogP contribution in [0.1, 0.15) is 13.8 Å². The van der Waals surface area contributed by atoms with E-state index in [1.165, 1.54) is 0 Å². The van der Waals surface area contributed by atoms with Crippen molar-refractivity contribution in [3.05, 3.63) is 0 Å². The van der Waals surface area contributed by atoms with E-state index in [0.29, 0.717) is 0 Å². The minimum atomic E-state index is 0.750. The van der Waals surface area contributed by atoms with E-state index in [-0.39, 0.29) is 0 Å². The minimum absolute atomic E-state index is 0.750. The van der Waals surface area contributed by atoms with Crippen LogP contribution in [0.5, 0.6) is 0 Å². The van der Waals surface area contributed by atoms with Crippen LogP contribution in [-0.4, -0.2) is 31.7 Å². The third-order valence-corrected chi connectivity index (χ3v) is 1.43. The molecule has 0 unspecified atom stereocenters. The molecule has 0 saturated carbocycles. The quantitative estimate of drug-likeness (QED) is 0.467. The Hall–Kier alpha value is -0.271. The molecule has 0 bridgehead atoms. The van der Waals surface area contributed by atoms with Crippen molar-refractivity contribution in [1.82, 2.24) is 0 Å². The molecule has 0 N–H and O–H groups in total. The normalized spacial score (nSPS) is 18.5. The van der Waals surface area contributed by atoms with Gasteiger partial charge in [0.25, 0.3) is 0 Å². The van der Waals surface area contributed by atoms with Crippen molar-refractivity contribution in [3.8, 4) is 0 Å². The molecule has 0 saturated heterocycles. The molecular formula is C5H6N2Se. The fraction of sp³-hybridized carbons (Fsp3) is 0.400. The first-order valence-corrected chi connectivity index (χ1v) is 3.21. The van der Waals surface area contributed by atoms with Crippen molar-refractivity contribution in [3.63, 3.8) is 0 Å². The summed E-state index contributed by atoms with van der Waals surface area (Å²) in [5, 5.41) is 0. The number of hydrogen-bond donors (Lipinski definition) is 0. The van der Waals surface area contributed by atoms with Crippen molar-refractivity contribution in [2.75, 3.05) is 0 Å². The molecule has 42 valence electrons. The topological polar surface area (TPSA) is 24.7 Å². The molecule has 0 aromatic rings. The SMILES string of the molecule is CC1=NC(=[Se])N=C1C. The molecule has 1 heterocycles. The predicted octanol–water partition coefficient (Wildman–Crippen LogP) is 0.178. The van der Waals surface area contributed by atoms with Crippen molar-refractivity contribution in [2.24, 2.45) is 9.98 Å². The second-order valence-electron chi connectivity index (χ2n) is 1.68. The van der Waals surface area contributed by atoms with Crippen LogP contribution in [0.2, 0.25) is 0 Å². The fourth-order valence-corrected chi connectivity index (χ4v) is 1.05. The Kier molecular flexibility index (Phi) is 1.41. The standard InChI is InChI=1S/C5H6N2Se/c1-3-4(2)7-5(8)6-3/h1-2H3. The Labute approximate surface area is 56.1 Å². The number of rotatable bonds is 0. The van der Waals surface area contributed by atoms with Crippen LogP contribution in [0.4, 0.5) is 0 Å². The van der Waals surface area contributed by atoms with E-state index in [0.717, 1.165) is 16.1 Å². The third-order valence-electron chi connectivity index (χ3n) is 1.05. The molecule has 0 aromatic carbocycles. The van der Waals surface area contributed by atoms with Gasteiger partial charge in [0.05, 0.1) is 0 Å². The fourth-order valence-electron chi connectivity index (χ4n) is 0.474. The van der Waals surface area contributed by atoms with Gasteiger partial charge in [0.2, 0.25) is 0 Å². The molecule has 2 nitrogen and oxygen atoms in total. The van der Waals surface area contributed by atoms with Gasteiger partial charge in [-0.3, -0.25) is 0 Å². The first-order chi connectivity index (χ1) is 3.70. The van der Waals surface area contributed by atoms with E-state index in [2.05, 4.69) is 25.6 Å². The van der Waals surface area contributed by atoms with Crippen LogP contribution in [0, 0.1) is 0 Å². The summed E-state index contributed by atoms with van der Waals surface area (Å²) in [6.07, 6.45) is 0. The zero-order valence-corrected chi connectivity index (χ0v) is 6.52. The van der Waals surface area contributed by atoms with E-state index >= 15 is 0 Å². The molecular weight excluding hydrogens is 167 g/mol. The van der Waals surface area contributed by atoms with E-state index < -0.39 is 0 Å². The molecule has 0 spiro atoms. The van der Waals surface area contributed by atoms with Gasteiger partial charge in [0.15, 0.2) is 0 Å². The molecule has 0 atom stereocenters. The Morgan fingerprint density at radius 2 is 1.50 bits per heavy atom. The average molecular weight is 173 g/mol. The van der Waals surface area contributed by atoms with Crippen molar-refractivity contribution < 1.29 is 0 Å². The molecule has 0 radical (unpaired) electrons. The zero-order valence-electron chi connectivity index (χ0n) is 4.80. The van der Waals surface area contributed by atoms with E-state index in [1.807, 2.05) is 13.8 Å². The summed E-state index contributed by atoms with van der Waals surface area (Å²) in [6.45, 7) is 3.90. The zero-order chi connectivity index (χ0) is 6.15. The maximum absolute atomic E-state index is 4.04. The second-order valence-corrected chi connectivity index (χ2v) is 2.44.